The van der Waals surface area contributed by atoms with Gasteiger partial charge in [-0.2, -0.15) is 0 Å². The number of hydrogen-bond acceptors (Lipinski definition) is 6. The van der Waals surface area contributed by atoms with E-state index >= 15 is 0 Å². The minimum absolute atomic E-state index is 0.0993. The largest absolute Gasteiger partial charge is 0.368 e. The first-order chi connectivity index (χ1) is 16.5. The molecule has 3 aromatic rings. The van der Waals surface area contributed by atoms with Gasteiger partial charge in [-0.1, -0.05) is 48.2 Å². The van der Waals surface area contributed by atoms with Crippen LogP contribution in [0.2, 0.25) is 0 Å². The summed E-state index contributed by atoms with van der Waals surface area (Å²) in [5.41, 5.74) is 2.99. The monoisotopic (exact) mass is 478 g/mol. The Hall–Kier alpha value is -3.33. The first-order valence-electron chi connectivity index (χ1n) is 11.5. The molecule has 1 saturated heterocycles. The molecule has 0 unspecified atom stereocenters. The number of piperazine rings is 1. The normalized spacial score (nSPS) is 13.7. The lowest BCUT2D eigenvalue weighted by Gasteiger charge is -2.36. The maximum absolute atomic E-state index is 12.8. The van der Waals surface area contributed by atoms with E-state index in [-0.39, 0.29) is 18.2 Å². The van der Waals surface area contributed by atoms with E-state index in [9.17, 15) is 9.59 Å². The first-order valence-corrected chi connectivity index (χ1v) is 12.5. The molecule has 0 saturated carbocycles. The molecule has 1 aliphatic rings. The maximum Gasteiger partial charge on any atom is 0.233 e. The van der Waals surface area contributed by atoms with Crippen molar-refractivity contribution in [1.29, 1.82) is 0 Å². The number of nitrogens with zero attached hydrogens (tertiary/aromatic N) is 5. The Morgan fingerprint density at radius 3 is 2.38 bits per heavy atom. The van der Waals surface area contributed by atoms with Gasteiger partial charge in [0.15, 0.2) is 5.16 Å². The van der Waals surface area contributed by atoms with Crippen LogP contribution < -0.4 is 10.2 Å². The van der Waals surface area contributed by atoms with Crippen LogP contribution in [0.4, 0.5) is 11.4 Å². The summed E-state index contributed by atoms with van der Waals surface area (Å²) in [7, 11) is 0. The minimum Gasteiger partial charge on any atom is -0.368 e. The predicted octanol–water partition coefficient (Wildman–Crippen LogP) is 3.23. The minimum atomic E-state index is -0.139. The lowest BCUT2D eigenvalue weighted by atomic mass is 10.2. The number of amides is 2. The molecule has 0 radical (unpaired) electrons. The Kier molecular flexibility index (Phi) is 7.84. The first kappa shape index (κ1) is 23.8. The van der Waals surface area contributed by atoms with E-state index in [0.717, 1.165) is 24.3 Å². The molecule has 0 aliphatic carbocycles. The van der Waals surface area contributed by atoms with Gasteiger partial charge in [0.1, 0.15) is 5.82 Å². The Morgan fingerprint density at radius 1 is 0.971 bits per heavy atom. The molecule has 8 nitrogen and oxygen atoms in total. The van der Waals surface area contributed by atoms with Crippen molar-refractivity contribution >= 4 is 35.0 Å². The van der Waals surface area contributed by atoms with Crippen LogP contribution in [0.25, 0.3) is 0 Å². The van der Waals surface area contributed by atoms with Crippen LogP contribution >= 0.6 is 11.8 Å². The molecular formula is C25H30N6O2S. The van der Waals surface area contributed by atoms with Gasteiger partial charge in [-0.25, -0.2) is 0 Å². The Labute approximate surface area is 204 Å². The highest BCUT2D eigenvalue weighted by Crippen LogP contribution is 2.20. The average molecular weight is 479 g/mol. The molecule has 1 aliphatic heterocycles. The molecule has 2 aromatic carbocycles. The van der Waals surface area contributed by atoms with Gasteiger partial charge in [0.05, 0.1) is 12.2 Å². The fraction of sp³-hybridized carbons (Fsp3) is 0.360. The zero-order valence-electron chi connectivity index (χ0n) is 19.6. The Balaban J connectivity index is 1.29. The van der Waals surface area contributed by atoms with Crippen molar-refractivity contribution in [1.82, 2.24) is 19.7 Å². The number of carbonyl (C=O) groups excluding carboxylic acids is 2. The summed E-state index contributed by atoms with van der Waals surface area (Å²) < 4.78 is 1.91. The van der Waals surface area contributed by atoms with Crippen LogP contribution in [0.1, 0.15) is 18.3 Å². The number of carbonyl (C=O) groups is 2. The van der Waals surface area contributed by atoms with Gasteiger partial charge in [0, 0.05) is 44.1 Å². The second-order valence-electron chi connectivity index (χ2n) is 8.17. The molecule has 9 heteroatoms. The summed E-state index contributed by atoms with van der Waals surface area (Å²) in [4.78, 5) is 29.6. The predicted molar refractivity (Wildman–Crippen MR) is 135 cm³/mol. The van der Waals surface area contributed by atoms with Crippen molar-refractivity contribution in [2.24, 2.45) is 0 Å². The molecule has 0 spiro atoms. The van der Waals surface area contributed by atoms with Crippen molar-refractivity contribution in [3.63, 3.8) is 0 Å². The number of aryl methyl sites for hydroxylation is 1. The highest BCUT2D eigenvalue weighted by atomic mass is 32.2. The van der Waals surface area contributed by atoms with Crippen LogP contribution in [-0.2, 0) is 22.6 Å². The number of nitrogens with one attached hydrogen (secondary N) is 1. The van der Waals surface area contributed by atoms with E-state index in [4.69, 9.17) is 0 Å². The molecule has 34 heavy (non-hydrogen) atoms. The molecule has 4 rings (SSSR count). The average Bonchev–Trinajstić information content (AvgIpc) is 3.25. The number of aromatic nitrogens is 3. The number of rotatable bonds is 8. The van der Waals surface area contributed by atoms with Crippen molar-refractivity contribution in [3.8, 4) is 0 Å². The molecule has 0 bridgehead atoms. The summed E-state index contributed by atoms with van der Waals surface area (Å²) in [6.07, 6.45) is 0.130. The molecule has 2 amide bonds. The summed E-state index contributed by atoms with van der Waals surface area (Å²) in [5.74, 6) is 0.862. The van der Waals surface area contributed by atoms with Crippen LogP contribution in [0.3, 0.4) is 0 Å². The van der Waals surface area contributed by atoms with E-state index in [2.05, 4.69) is 32.5 Å². The molecular weight excluding hydrogens is 448 g/mol. The highest BCUT2D eigenvalue weighted by molar-refractivity contribution is 7.99. The van der Waals surface area contributed by atoms with E-state index in [1.165, 1.54) is 17.4 Å². The zero-order chi connectivity index (χ0) is 23.9. The van der Waals surface area contributed by atoms with Crippen LogP contribution in [-0.4, -0.2) is 63.4 Å². The van der Waals surface area contributed by atoms with Gasteiger partial charge < -0.3 is 19.7 Å². The van der Waals surface area contributed by atoms with E-state index in [1.807, 2.05) is 65.8 Å². The fourth-order valence-electron chi connectivity index (χ4n) is 4.00. The number of para-hydroxylation sites is 2. The highest BCUT2D eigenvalue weighted by Gasteiger charge is 2.22. The third-order valence-electron chi connectivity index (χ3n) is 5.93. The summed E-state index contributed by atoms with van der Waals surface area (Å²) in [5, 5.41) is 12.1. The topological polar surface area (TPSA) is 83.4 Å². The summed E-state index contributed by atoms with van der Waals surface area (Å²) >= 11 is 1.38. The van der Waals surface area contributed by atoms with Gasteiger partial charge in [-0.3, -0.25) is 9.59 Å². The van der Waals surface area contributed by atoms with E-state index < -0.39 is 0 Å². The second-order valence-corrected chi connectivity index (χ2v) is 9.12. The number of hydrogen-bond donors (Lipinski definition) is 1. The van der Waals surface area contributed by atoms with Gasteiger partial charge in [0.2, 0.25) is 11.8 Å². The zero-order valence-corrected chi connectivity index (χ0v) is 20.4. The SMILES string of the molecule is CCn1c(CC(=O)Nc2ccccc2C)nnc1SCC(=O)N1CCN(c2ccccc2)CC1. The molecule has 2 heterocycles. The van der Waals surface area contributed by atoms with E-state index in [1.54, 1.807) is 0 Å². The van der Waals surface area contributed by atoms with E-state index in [0.29, 0.717) is 36.4 Å². The van der Waals surface area contributed by atoms with Gasteiger partial charge in [-0.15, -0.1) is 10.2 Å². The quantitative estimate of drug-likeness (QED) is 0.501. The van der Waals surface area contributed by atoms with Gasteiger partial charge in [0.25, 0.3) is 0 Å². The second kappa shape index (κ2) is 11.2. The molecule has 178 valence electrons. The smallest absolute Gasteiger partial charge is 0.233 e. The lowest BCUT2D eigenvalue weighted by molar-refractivity contribution is -0.128. The summed E-state index contributed by atoms with van der Waals surface area (Å²) in [6, 6.07) is 18.0. The number of thioether (sulfide) groups is 1. The standard InChI is InChI=1S/C25H30N6O2S/c1-3-31-22(17-23(32)26-21-12-8-7-9-19(21)2)27-28-25(31)34-18-24(33)30-15-13-29(14-16-30)20-10-5-4-6-11-20/h4-12H,3,13-18H2,1-2H3,(H,26,32). The van der Waals surface area contributed by atoms with Crippen LogP contribution in [0.5, 0.6) is 0 Å². The molecule has 1 aromatic heterocycles. The van der Waals surface area contributed by atoms with Crippen molar-refractivity contribution in [2.75, 3.05) is 42.1 Å². The Morgan fingerprint density at radius 2 is 1.68 bits per heavy atom. The van der Waals surface area contributed by atoms with Crippen molar-refractivity contribution in [3.05, 3.63) is 66.0 Å². The van der Waals surface area contributed by atoms with Crippen LogP contribution in [0.15, 0.2) is 59.8 Å². The number of benzene rings is 2. The summed E-state index contributed by atoms with van der Waals surface area (Å²) in [6.45, 7) is 7.64. The van der Waals surface area contributed by atoms with Crippen molar-refractivity contribution < 1.29 is 9.59 Å². The molecule has 1 fully saturated rings. The lowest BCUT2D eigenvalue weighted by Crippen LogP contribution is -2.49. The molecule has 1 N–H and O–H groups in total. The fourth-order valence-corrected chi connectivity index (χ4v) is 4.92. The third kappa shape index (κ3) is 5.77. The maximum atomic E-state index is 12.8. The number of anilines is 2. The van der Waals surface area contributed by atoms with Gasteiger partial charge in [-0.05, 0) is 37.6 Å². The van der Waals surface area contributed by atoms with Crippen molar-refractivity contribution in [2.45, 2.75) is 32.0 Å². The van der Waals surface area contributed by atoms with Crippen LogP contribution in [0, 0.1) is 6.92 Å². The Bertz CT molecular complexity index is 1130. The van der Waals surface area contributed by atoms with Gasteiger partial charge >= 0.3 is 0 Å². The third-order valence-corrected chi connectivity index (χ3v) is 6.88. The molecule has 0 atom stereocenters.